The van der Waals surface area contributed by atoms with E-state index in [1.165, 1.54) is 35.7 Å². The zero-order chi connectivity index (χ0) is 23.3. The van der Waals surface area contributed by atoms with Crippen molar-refractivity contribution in [2.45, 2.75) is 78.0 Å². The van der Waals surface area contributed by atoms with Crippen LogP contribution in [0.25, 0.3) is 0 Å². The number of aliphatic hydroxyl groups excluding tert-OH is 1. The Bertz CT molecular complexity index is 977. The summed E-state index contributed by atoms with van der Waals surface area (Å²) >= 11 is 0. The maximum Gasteiger partial charge on any atom is 0.217 e. The molecule has 1 aliphatic rings. The number of aryl methyl sites for hydroxylation is 1. The van der Waals surface area contributed by atoms with Crippen LogP contribution in [0, 0.1) is 5.41 Å². The van der Waals surface area contributed by atoms with E-state index >= 15 is 0 Å². The molecule has 1 aliphatic carbocycles. The minimum absolute atomic E-state index is 0.0992. The van der Waals surface area contributed by atoms with Crippen molar-refractivity contribution < 1.29 is 9.90 Å². The molecule has 1 heterocycles. The zero-order valence-electron chi connectivity index (χ0n) is 19.7. The molecule has 0 spiro atoms. The fraction of sp³-hybridized carbons (Fsp3) is 0.538. The highest BCUT2D eigenvalue weighted by Crippen LogP contribution is 2.32. The second kappa shape index (κ2) is 10.5. The van der Waals surface area contributed by atoms with Crippen LogP contribution in [0.5, 0.6) is 0 Å². The summed E-state index contributed by atoms with van der Waals surface area (Å²) in [5.41, 5.74) is 4.86. The predicted octanol–water partition coefficient (Wildman–Crippen LogP) is 3.04. The summed E-state index contributed by atoms with van der Waals surface area (Å²) < 4.78 is 0. The van der Waals surface area contributed by atoms with Crippen LogP contribution < -0.4 is 16.1 Å². The molecule has 174 valence electrons. The number of carbonyl (C=O) groups excluding carboxylic acids is 1. The first-order valence-electron chi connectivity index (χ1n) is 11.6. The van der Waals surface area contributed by atoms with Crippen LogP contribution in [0.15, 0.2) is 41.3 Å². The highest BCUT2D eigenvalue weighted by molar-refractivity contribution is 5.73. The van der Waals surface area contributed by atoms with Gasteiger partial charge in [0.1, 0.15) is 0 Å². The Morgan fingerprint density at radius 2 is 2.03 bits per heavy atom. The van der Waals surface area contributed by atoms with Crippen molar-refractivity contribution in [1.82, 2.24) is 15.6 Å². The Balaban J connectivity index is 1.69. The lowest BCUT2D eigenvalue weighted by atomic mass is 9.82. The number of aromatic amines is 1. The summed E-state index contributed by atoms with van der Waals surface area (Å²) in [6.07, 6.45) is 5.40. The van der Waals surface area contributed by atoms with Crippen molar-refractivity contribution in [2.24, 2.45) is 5.41 Å². The quantitative estimate of drug-likeness (QED) is 0.509. The van der Waals surface area contributed by atoms with Gasteiger partial charge in [0.25, 0.3) is 0 Å². The molecule has 0 fully saturated rings. The number of carbonyl (C=O) groups is 1. The number of hydrogen-bond donors (Lipinski definition) is 4. The van der Waals surface area contributed by atoms with E-state index in [4.69, 9.17) is 0 Å². The van der Waals surface area contributed by atoms with E-state index in [2.05, 4.69) is 54.6 Å². The number of fused-ring (bicyclic) bond motifs is 1. The molecule has 3 rings (SSSR count). The topological polar surface area (TPSA) is 94.2 Å². The number of aliphatic hydroxyl groups is 1. The van der Waals surface area contributed by atoms with E-state index in [0.717, 1.165) is 25.7 Å². The smallest absolute Gasteiger partial charge is 0.217 e. The second-order valence-corrected chi connectivity index (χ2v) is 10.3. The summed E-state index contributed by atoms with van der Waals surface area (Å²) in [6.45, 7) is 8.55. The van der Waals surface area contributed by atoms with E-state index in [0.29, 0.717) is 18.7 Å². The average molecular weight is 440 g/mol. The molecular weight excluding hydrogens is 402 g/mol. The van der Waals surface area contributed by atoms with Crippen molar-refractivity contribution in [3.05, 3.63) is 69.1 Å². The van der Waals surface area contributed by atoms with Crippen LogP contribution >= 0.6 is 0 Å². The van der Waals surface area contributed by atoms with E-state index in [1.54, 1.807) is 6.20 Å². The minimum Gasteiger partial charge on any atom is -0.390 e. The van der Waals surface area contributed by atoms with E-state index in [-0.39, 0.29) is 22.8 Å². The number of pyridine rings is 1. The van der Waals surface area contributed by atoms with Crippen molar-refractivity contribution in [3.8, 4) is 0 Å². The third-order valence-electron chi connectivity index (χ3n) is 5.96. The van der Waals surface area contributed by atoms with Crippen molar-refractivity contribution in [3.63, 3.8) is 0 Å². The highest BCUT2D eigenvalue weighted by atomic mass is 16.3. The lowest BCUT2D eigenvalue weighted by Gasteiger charge is -2.30. The van der Waals surface area contributed by atoms with Crippen molar-refractivity contribution in [1.29, 1.82) is 0 Å². The largest absolute Gasteiger partial charge is 0.390 e. The summed E-state index contributed by atoms with van der Waals surface area (Å²) in [6, 6.07) is 9.47. The Kier molecular flexibility index (Phi) is 7.91. The first kappa shape index (κ1) is 24.2. The summed E-state index contributed by atoms with van der Waals surface area (Å²) in [5, 5.41) is 17.3. The van der Waals surface area contributed by atoms with Crippen molar-refractivity contribution in [2.75, 3.05) is 6.54 Å². The zero-order valence-corrected chi connectivity index (χ0v) is 19.7. The highest BCUT2D eigenvalue weighted by Gasteiger charge is 2.25. The molecule has 0 bridgehead atoms. The SMILES string of the molecule is CC(=O)NC(Cc1cc(=O)cc[nH]1)C(O)CNC1CCCc2ccc(CC(C)(C)C)cc21. The number of aromatic nitrogens is 1. The van der Waals surface area contributed by atoms with Gasteiger partial charge in [-0.3, -0.25) is 9.59 Å². The molecule has 3 atom stereocenters. The van der Waals surface area contributed by atoms with Crippen molar-refractivity contribution >= 4 is 5.91 Å². The standard InChI is InChI=1S/C26H37N3O3/c1-17(30)29-24(14-20-13-21(31)10-11-27-20)25(32)16-28-23-7-5-6-19-9-8-18(12-22(19)23)15-26(2,3)4/h8-13,23-25,28,32H,5-7,14-16H2,1-4H3,(H,27,31)(H,29,30). The second-order valence-electron chi connectivity index (χ2n) is 10.3. The van der Waals surface area contributed by atoms with Gasteiger partial charge in [-0.1, -0.05) is 39.0 Å². The summed E-state index contributed by atoms with van der Waals surface area (Å²) in [7, 11) is 0. The maximum atomic E-state index is 11.7. The Hall–Kier alpha value is -2.44. The lowest BCUT2D eigenvalue weighted by molar-refractivity contribution is -0.120. The van der Waals surface area contributed by atoms with E-state index in [9.17, 15) is 14.7 Å². The number of nitrogens with one attached hydrogen (secondary N) is 3. The Morgan fingerprint density at radius 3 is 2.72 bits per heavy atom. The van der Waals surface area contributed by atoms with Gasteiger partial charge in [-0.05, 0) is 47.8 Å². The monoisotopic (exact) mass is 439 g/mol. The van der Waals surface area contributed by atoms with Crippen LogP contribution in [-0.4, -0.2) is 34.7 Å². The van der Waals surface area contributed by atoms with Gasteiger partial charge >= 0.3 is 0 Å². The molecule has 4 N–H and O–H groups in total. The number of amides is 1. The molecule has 0 radical (unpaired) electrons. The molecule has 6 heteroatoms. The minimum atomic E-state index is -0.786. The van der Waals surface area contributed by atoms with Gasteiger partial charge in [-0.15, -0.1) is 0 Å². The predicted molar refractivity (Wildman–Crippen MR) is 128 cm³/mol. The maximum absolute atomic E-state index is 11.7. The van der Waals surface area contributed by atoms with E-state index in [1.807, 2.05) is 0 Å². The number of rotatable bonds is 8. The van der Waals surface area contributed by atoms with Gasteiger partial charge in [0.15, 0.2) is 5.43 Å². The number of benzene rings is 1. The molecule has 0 saturated heterocycles. The number of hydrogen-bond acceptors (Lipinski definition) is 4. The third kappa shape index (κ3) is 7.04. The molecule has 0 saturated carbocycles. The van der Waals surface area contributed by atoms with Crippen LogP contribution in [0.3, 0.4) is 0 Å². The fourth-order valence-corrected chi connectivity index (χ4v) is 4.58. The summed E-state index contributed by atoms with van der Waals surface area (Å²) in [5.74, 6) is -0.206. The van der Waals surface area contributed by atoms with Gasteiger partial charge < -0.3 is 20.7 Å². The molecule has 2 aromatic rings. The normalized spacial score (nSPS) is 18.0. The van der Waals surface area contributed by atoms with E-state index < -0.39 is 12.1 Å². The lowest BCUT2D eigenvalue weighted by Crippen LogP contribution is -2.49. The molecule has 1 aromatic carbocycles. The Morgan fingerprint density at radius 1 is 1.25 bits per heavy atom. The van der Waals surface area contributed by atoms with Crippen LogP contribution in [-0.2, 0) is 24.1 Å². The molecule has 32 heavy (non-hydrogen) atoms. The molecule has 3 unspecified atom stereocenters. The number of H-pyrrole nitrogens is 1. The first-order chi connectivity index (χ1) is 15.1. The van der Waals surface area contributed by atoms with Gasteiger partial charge in [0.05, 0.1) is 12.1 Å². The molecular formula is C26H37N3O3. The Labute approximate surface area is 190 Å². The van der Waals surface area contributed by atoms with Gasteiger partial charge in [0, 0.05) is 50.0 Å². The van der Waals surface area contributed by atoms with Gasteiger partial charge in [-0.25, -0.2) is 0 Å². The van der Waals surface area contributed by atoms with Crippen LogP contribution in [0.4, 0.5) is 0 Å². The molecule has 0 aliphatic heterocycles. The molecule has 1 amide bonds. The van der Waals surface area contributed by atoms with Gasteiger partial charge in [-0.2, -0.15) is 0 Å². The van der Waals surface area contributed by atoms with Crippen LogP contribution in [0.1, 0.15) is 69.0 Å². The first-order valence-corrected chi connectivity index (χ1v) is 11.6. The molecule has 6 nitrogen and oxygen atoms in total. The fourth-order valence-electron chi connectivity index (χ4n) is 4.58. The average Bonchev–Trinajstić information content (AvgIpc) is 2.70. The summed E-state index contributed by atoms with van der Waals surface area (Å²) in [4.78, 5) is 26.4. The van der Waals surface area contributed by atoms with Gasteiger partial charge in [0.2, 0.25) is 5.91 Å². The third-order valence-corrected chi connectivity index (χ3v) is 5.96. The van der Waals surface area contributed by atoms with Crippen LogP contribution in [0.2, 0.25) is 0 Å². The molecule has 1 aromatic heterocycles.